The summed E-state index contributed by atoms with van der Waals surface area (Å²) in [6.07, 6.45) is 3.40. The van der Waals surface area contributed by atoms with Crippen molar-refractivity contribution in [3.8, 4) is 0 Å². The highest BCUT2D eigenvalue weighted by Gasteiger charge is 2.46. The zero-order valence-corrected chi connectivity index (χ0v) is 11.8. The van der Waals surface area contributed by atoms with Crippen molar-refractivity contribution in [2.24, 2.45) is 11.3 Å². The maximum atomic E-state index is 13.4. The van der Waals surface area contributed by atoms with Gasteiger partial charge in [-0.05, 0) is 41.9 Å². The van der Waals surface area contributed by atoms with Gasteiger partial charge < -0.3 is 5.11 Å². The van der Waals surface area contributed by atoms with Crippen LogP contribution in [0, 0.1) is 23.0 Å². The lowest BCUT2D eigenvalue weighted by molar-refractivity contribution is -0.0962. The van der Waals surface area contributed by atoms with Gasteiger partial charge in [0.05, 0.1) is 5.60 Å². The molecule has 0 amide bonds. The number of aliphatic hydroxyl groups is 1. The van der Waals surface area contributed by atoms with Gasteiger partial charge in [-0.3, -0.25) is 0 Å². The van der Waals surface area contributed by atoms with Gasteiger partial charge in [-0.1, -0.05) is 33.6 Å². The largest absolute Gasteiger partial charge is 0.385 e. The average Bonchev–Trinajstić information content (AvgIpc) is 2.26. The van der Waals surface area contributed by atoms with E-state index in [4.69, 9.17) is 0 Å². The molecule has 0 spiro atoms. The lowest BCUT2D eigenvalue weighted by atomic mass is 9.61. The molecule has 3 heteroatoms. The van der Waals surface area contributed by atoms with Crippen LogP contribution in [0.25, 0.3) is 0 Å². The molecule has 0 heterocycles. The van der Waals surface area contributed by atoms with Crippen LogP contribution in [0.3, 0.4) is 0 Å². The minimum absolute atomic E-state index is 0.00921. The van der Waals surface area contributed by atoms with Crippen molar-refractivity contribution in [3.05, 3.63) is 35.4 Å². The third-order valence-corrected chi connectivity index (χ3v) is 4.29. The van der Waals surface area contributed by atoms with Crippen LogP contribution < -0.4 is 0 Å². The third kappa shape index (κ3) is 2.81. The van der Waals surface area contributed by atoms with Crippen LogP contribution in [0.2, 0.25) is 0 Å². The molecule has 1 saturated carbocycles. The Kier molecular flexibility index (Phi) is 3.69. The highest BCUT2D eigenvalue weighted by molar-refractivity contribution is 5.26. The van der Waals surface area contributed by atoms with E-state index in [-0.39, 0.29) is 11.3 Å². The summed E-state index contributed by atoms with van der Waals surface area (Å²) in [6, 6.07) is 3.39. The molecule has 0 radical (unpaired) electrons. The highest BCUT2D eigenvalue weighted by atomic mass is 19.1. The van der Waals surface area contributed by atoms with Gasteiger partial charge in [0.1, 0.15) is 11.6 Å². The summed E-state index contributed by atoms with van der Waals surface area (Å²) in [5, 5.41) is 11.1. The van der Waals surface area contributed by atoms with E-state index in [1.54, 1.807) is 0 Å². The molecule has 2 rings (SSSR count). The van der Waals surface area contributed by atoms with Gasteiger partial charge in [0, 0.05) is 6.07 Å². The lowest BCUT2D eigenvalue weighted by Crippen LogP contribution is -2.44. The molecular weight excluding hydrogens is 246 g/mol. The molecule has 1 aromatic rings. The van der Waals surface area contributed by atoms with Gasteiger partial charge in [0.25, 0.3) is 0 Å². The molecule has 2 atom stereocenters. The van der Waals surface area contributed by atoms with Gasteiger partial charge >= 0.3 is 0 Å². The Morgan fingerprint density at radius 1 is 1.11 bits per heavy atom. The molecule has 1 aliphatic rings. The zero-order valence-electron chi connectivity index (χ0n) is 11.8. The van der Waals surface area contributed by atoms with Crippen LogP contribution in [0.4, 0.5) is 8.78 Å². The van der Waals surface area contributed by atoms with Crippen molar-refractivity contribution in [3.63, 3.8) is 0 Å². The number of hydrogen-bond donors (Lipinski definition) is 1. The summed E-state index contributed by atoms with van der Waals surface area (Å²) in [6.45, 7) is 6.22. The summed E-state index contributed by atoms with van der Waals surface area (Å²) >= 11 is 0. The van der Waals surface area contributed by atoms with E-state index in [1.165, 1.54) is 12.1 Å². The molecule has 1 aromatic carbocycles. The Morgan fingerprint density at radius 2 is 1.68 bits per heavy atom. The molecule has 0 aliphatic heterocycles. The minimum Gasteiger partial charge on any atom is -0.385 e. The molecule has 0 saturated heterocycles. The molecule has 106 valence electrons. The fourth-order valence-corrected chi connectivity index (χ4v) is 3.45. The Hall–Kier alpha value is -0.960. The second-order valence-corrected chi connectivity index (χ2v) is 6.75. The van der Waals surface area contributed by atoms with Crippen molar-refractivity contribution in [2.75, 3.05) is 0 Å². The monoisotopic (exact) mass is 268 g/mol. The van der Waals surface area contributed by atoms with E-state index in [1.807, 2.05) is 0 Å². The standard InChI is InChI=1S/C16H22F2O/c1-15(2,3)14-6-4-5-7-16(14,19)11-8-12(17)10-13(18)9-11/h8-10,14,19H,4-7H2,1-3H3. The van der Waals surface area contributed by atoms with E-state index in [9.17, 15) is 13.9 Å². The first-order valence-corrected chi connectivity index (χ1v) is 6.92. The van der Waals surface area contributed by atoms with E-state index >= 15 is 0 Å². The van der Waals surface area contributed by atoms with E-state index in [2.05, 4.69) is 20.8 Å². The molecule has 1 aliphatic carbocycles. The van der Waals surface area contributed by atoms with Crippen molar-refractivity contribution < 1.29 is 13.9 Å². The summed E-state index contributed by atoms with van der Waals surface area (Å²) in [7, 11) is 0. The fourth-order valence-electron chi connectivity index (χ4n) is 3.45. The van der Waals surface area contributed by atoms with Gasteiger partial charge in [-0.25, -0.2) is 8.78 Å². The van der Waals surface area contributed by atoms with Gasteiger partial charge in [0.2, 0.25) is 0 Å². The number of rotatable bonds is 1. The second kappa shape index (κ2) is 4.86. The van der Waals surface area contributed by atoms with Gasteiger partial charge in [-0.15, -0.1) is 0 Å². The van der Waals surface area contributed by atoms with Crippen LogP contribution in [0.5, 0.6) is 0 Å². The first-order chi connectivity index (χ1) is 8.73. The minimum atomic E-state index is -1.13. The van der Waals surface area contributed by atoms with Gasteiger partial charge in [-0.2, -0.15) is 0 Å². The number of hydrogen-bond acceptors (Lipinski definition) is 1. The Bertz CT molecular complexity index is 444. The third-order valence-electron chi connectivity index (χ3n) is 4.29. The van der Waals surface area contributed by atoms with Crippen molar-refractivity contribution in [1.82, 2.24) is 0 Å². The van der Waals surface area contributed by atoms with E-state index in [0.29, 0.717) is 12.0 Å². The normalized spacial score (nSPS) is 28.4. The Morgan fingerprint density at radius 3 is 2.21 bits per heavy atom. The van der Waals surface area contributed by atoms with Crippen molar-refractivity contribution in [1.29, 1.82) is 0 Å². The lowest BCUT2D eigenvalue weighted by Gasteiger charge is -2.47. The summed E-state index contributed by atoms with van der Waals surface area (Å²) in [5.74, 6) is -1.24. The number of benzene rings is 1. The average molecular weight is 268 g/mol. The first-order valence-electron chi connectivity index (χ1n) is 6.92. The van der Waals surface area contributed by atoms with Crippen LogP contribution in [-0.2, 0) is 5.60 Å². The highest BCUT2D eigenvalue weighted by Crippen LogP contribution is 2.49. The molecule has 0 bridgehead atoms. The summed E-state index contributed by atoms with van der Waals surface area (Å²) < 4.78 is 26.9. The summed E-state index contributed by atoms with van der Waals surface area (Å²) in [4.78, 5) is 0. The maximum absolute atomic E-state index is 13.4. The quantitative estimate of drug-likeness (QED) is 0.801. The van der Waals surface area contributed by atoms with Crippen molar-refractivity contribution >= 4 is 0 Å². The molecule has 1 N–H and O–H groups in total. The maximum Gasteiger partial charge on any atom is 0.126 e. The zero-order chi connectivity index (χ0) is 14.3. The Labute approximate surface area is 113 Å². The topological polar surface area (TPSA) is 20.2 Å². The molecular formula is C16H22F2O. The molecule has 19 heavy (non-hydrogen) atoms. The smallest absolute Gasteiger partial charge is 0.126 e. The number of halogens is 2. The van der Waals surface area contributed by atoms with Crippen LogP contribution in [-0.4, -0.2) is 5.11 Å². The molecule has 2 unspecified atom stereocenters. The Balaban J connectivity index is 2.48. The second-order valence-electron chi connectivity index (χ2n) is 6.75. The first kappa shape index (κ1) is 14.4. The molecule has 0 aromatic heterocycles. The molecule has 1 fully saturated rings. The fraction of sp³-hybridized carbons (Fsp3) is 0.625. The van der Waals surface area contributed by atoms with Crippen LogP contribution in [0.1, 0.15) is 52.0 Å². The van der Waals surface area contributed by atoms with Crippen molar-refractivity contribution in [2.45, 2.75) is 52.1 Å². The predicted molar refractivity (Wildman–Crippen MR) is 71.7 cm³/mol. The van der Waals surface area contributed by atoms with E-state index < -0.39 is 17.2 Å². The van der Waals surface area contributed by atoms with Crippen LogP contribution in [0.15, 0.2) is 18.2 Å². The van der Waals surface area contributed by atoms with E-state index in [0.717, 1.165) is 25.3 Å². The predicted octanol–water partition coefficient (Wildman–Crippen LogP) is 4.39. The van der Waals surface area contributed by atoms with Gasteiger partial charge in [0.15, 0.2) is 0 Å². The van der Waals surface area contributed by atoms with Crippen LogP contribution >= 0.6 is 0 Å². The molecule has 1 nitrogen and oxygen atoms in total. The summed E-state index contributed by atoms with van der Waals surface area (Å²) in [5.41, 5.74) is -0.846. The SMILES string of the molecule is CC(C)(C)C1CCCCC1(O)c1cc(F)cc(F)c1.